The van der Waals surface area contributed by atoms with E-state index in [1.807, 2.05) is 0 Å². The number of aliphatic hydroxyl groups excluding tert-OH is 1. The second kappa shape index (κ2) is 9.42. The van der Waals surface area contributed by atoms with Crippen LogP contribution in [-0.4, -0.2) is 55.9 Å². The Balaban J connectivity index is 2.21. The standard InChI is InChI=1S/C14H22Cl2N2O2/c1-3-18(2)7-6-17-9-12(19)10-20-14-5-4-11(15)8-13(14)16/h4-5,8,12,17,19H,3,6-7,9-10H2,1-2H3. The van der Waals surface area contributed by atoms with Crippen molar-refractivity contribution in [2.75, 3.05) is 39.8 Å². The Bertz CT molecular complexity index is 405. The van der Waals surface area contributed by atoms with E-state index < -0.39 is 6.10 Å². The van der Waals surface area contributed by atoms with Crippen molar-refractivity contribution in [2.45, 2.75) is 13.0 Å². The second-order valence-electron chi connectivity index (χ2n) is 4.64. The lowest BCUT2D eigenvalue weighted by molar-refractivity contribution is 0.106. The molecule has 0 bridgehead atoms. The first-order valence-electron chi connectivity index (χ1n) is 6.68. The molecule has 2 N–H and O–H groups in total. The van der Waals surface area contributed by atoms with Gasteiger partial charge < -0.3 is 20.1 Å². The van der Waals surface area contributed by atoms with Gasteiger partial charge in [0.05, 0.1) is 5.02 Å². The average molecular weight is 321 g/mol. The molecule has 1 aromatic rings. The van der Waals surface area contributed by atoms with Crippen LogP contribution >= 0.6 is 23.2 Å². The predicted molar refractivity (Wildman–Crippen MR) is 84.0 cm³/mol. The maximum atomic E-state index is 9.81. The maximum absolute atomic E-state index is 9.81. The smallest absolute Gasteiger partial charge is 0.138 e. The molecule has 0 aliphatic rings. The Kier molecular flexibility index (Phi) is 8.26. The van der Waals surface area contributed by atoms with Crippen molar-refractivity contribution in [3.8, 4) is 5.75 Å². The summed E-state index contributed by atoms with van der Waals surface area (Å²) in [5.41, 5.74) is 0. The van der Waals surface area contributed by atoms with Gasteiger partial charge in [0.1, 0.15) is 18.5 Å². The fourth-order valence-electron chi connectivity index (χ4n) is 1.53. The first kappa shape index (κ1) is 17.5. The molecule has 6 heteroatoms. The Morgan fingerprint density at radius 2 is 2.15 bits per heavy atom. The molecule has 0 aromatic heterocycles. The van der Waals surface area contributed by atoms with Gasteiger partial charge in [-0.1, -0.05) is 30.1 Å². The molecule has 0 radical (unpaired) electrons. The number of halogens is 2. The summed E-state index contributed by atoms with van der Waals surface area (Å²) in [5, 5.41) is 14.0. The molecule has 1 unspecified atom stereocenters. The fraction of sp³-hybridized carbons (Fsp3) is 0.571. The molecule has 0 aliphatic heterocycles. The van der Waals surface area contributed by atoms with Crippen LogP contribution in [0.2, 0.25) is 10.0 Å². The monoisotopic (exact) mass is 320 g/mol. The molecule has 20 heavy (non-hydrogen) atoms. The van der Waals surface area contributed by atoms with Gasteiger partial charge in [-0.25, -0.2) is 0 Å². The first-order valence-corrected chi connectivity index (χ1v) is 7.43. The van der Waals surface area contributed by atoms with Crippen LogP contribution in [0.25, 0.3) is 0 Å². The van der Waals surface area contributed by atoms with Gasteiger partial charge in [-0.3, -0.25) is 0 Å². The lowest BCUT2D eigenvalue weighted by atomic mass is 10.3. The number of aliphatic hydroxyl groups is 1. The van der Waals surface area contributed by atoms with E-state index >= 15 is 0 Å². The lowest BCUT2D eigenvalue weighted by Gasteiger charge is -2.16. The maximum Gasteiger partial charge on any atom is 0.138 e. The van der Waals surface area contributed by atoms with Gasteiger partial charge in [0.15, 0.2) is 0 Å². The molecule has 0 amide bonds. The number of benzene rings is 1. The van der Waals surface area contributed by atoms with Gasteiger partial charge in [0, 0.05) is 24.7 Å². The zero-order valence-electron chi connectivity index (χ0n) is 11.9. The molecule has 114 valence electrons. The molecular weight excluding hydrogens is 299 g/mol. The zero-order chi connectivity index (χ0) is 15.0. The minimum absolute atomic E-state index is 0.192. The minimum atomic E-state index is -0.575. The van der Waals surface area contributed by atoms with Crippen molar-refractivity contribution in [2.24, 2.45) is 0 Å². The number of likely N-dealkylation sites (N-methyl/N-ethyl adjacent to an activating group) is 1. The van der Waals surface area contributed by atoms with E-state index in [9.17, 15) is 5.11 Å². The van der Waals surface area contributed by atoms with Crippen LogP contribution in [0.15, 0.2) is 18.2 Å². The SMILES string of the molecule is CCN(C)CCNCC(O)COc1ccc(Cl)cc1Cl. The van der Waals surface area contributed by atoms with Crippen molar-refractivity contribution < 1.29 is 9.84 Å². The van der Waals surface area contributed by atoms with E-state index in [1.54, 1.807) is 18.2 Å². The van der Waals surface area contributed by atoms with Gasteiger partial charge in [-0.15, -0.1) is 0 Å². The lowest BCUT2D eigenvalue weighted by Crippen LogP contribution is -2.36. The van der Waals surface area contributed by atoms with Crippen molar-refractivity contribution in [3.63, 3.8) is 0 Å². The minimum Gasteiger partial charge on any atom is -0.489 e. The highest BCUT2D eigenvalue weighted by molar-refractivity contribution is 6.35. The van der Waals surface area contributed by atoms with E-state index in [0.29, 0.717) is 22.3 Å². The van der Waals surface area contributed by atoms with Crippen molar-refractivity contribution >= 4 is 23.2 Å². The van der Waals surface area contributed by atoms with E-state index in [1.165, 1.54) is 0 Å². The predicted octanol–water partition coefficient (Wildman–Crippen LogP) is 2.27. The third-order valence-electron chi connectivity index (χ3n) is 2.92. The summed E-state index contributed by atoms with van der Waals surface area (Å²) in [5.74, 6) is 0.529. The summed E-state index contributed by atoms with van der Waals surface area (Å²) >= 11 is 11.8. The summed E-state index contributed by atoms with van der Waals surface area (Å²) in [6.07, 6.45) is -0.575. The van der Waals surface area contributed by atoms with Crippen LogP contribution in [-0.2, 0) is 0 Å². The highest BCUT2D eigenvalue weighted by atomic mass is 35.5. The zero-order valence-corrected chi connectivity index (χ0v) is 13.4. The molecule has 0 heterocycles. The summed E-state index contributed by atoms with van der Waals surface area (Å²) in [6, 6.07) is 5.01. The number of hydrogen-bond acceptors (Lipinski definition) is 4. The Morgan fingerprint density at radius 3 is 2.80 bits per heavy atom. The van der Waals surface area contributed by atoms with Gasteiger partial charge in [-0.2, -0.15) is 0 Å². The molecule has 0 saturated heterocycles. The van der Waals surface area contributed by atoms with Crippen LogP contribution < -0.4 is 10.1 Å². The molecule has 0 aliphatic carbocycles. The van der Waals surface area contributed by atoms with Gasteiger partial charge in [0.25, 0.3) is 0 Å². The van der Waals surface area contributed by atoms with Crippen molar-refractivity contribution in [1.82, 2.24) is 10.2 Å². The van der Waals surface area contributed by atoms with Crippen LogP contribution in [0.5, 0.6) is 5.75 Å². The van der Waals surface area contributed by atoms with Gasteiger partial charge in [0.2, 0.25) is 0 Å². The van der Waals surface area contributed by atoms with E-state index in [4.69, 9.17) is 27.9 Å². The Morgan fingerprint density at radius 1 is 1.40 bits per heavy atom. The molecular formula is C14H22Cl2N2O2. The highest BCUT2D eigenvalue weighted by Crippen LogP contribution is 2.27. The summed E-state index contributed by atoms with van der Waals surface area (Å²) < 4.78 is 5.46. The number of nitrogens with zero attached hydrogens (tertiary/aromatic N) is 1. The van der Waals surface area contributed by atoms with Crippen LogP contribution in [0.4, 0.5) is 0 Å². The van der Waals surface area contributed by atoms with Crippen LogP contribution in [0, 0.1) is 0 Å². The van der Waals surface area contributed by atoms with E-state index in [-0.39, 0.29) is 6.61 Å². The topological polar surface area (TPSA) is 44.7 Å². The number of nitrogens with one attached hydrogen (secondary N) is 1. The largest absolute Gasteiger partial charge is 0.489 e. The third kappa shape index (κ3) is 6.77. The Hall–Kier alpha value is -0.520. The molecule has 0 fully saturated rings. The number of hydrogen-bond donors (Lipinski definition) is 2. The molecule has 1 aromatic carbocycles. The molecule has 1 atom stereocenters. The molecule has 4 nitrogen and oxygen atoms in total. The summed E-state index contributed by atoms with van der Waals surface area (Å²) in [7, 11) is 2.06. The Labute approximate surface area is 130 Å². The van der Waals surface area contributed by atoms with E-state index in [0.717, 1.165) is 19.6 Å². The fourth-order valence-corrected chi connectivity index (χ4v) is 2.00. The normalized spacial score (nSPS) is 12.7. The number of rotatable bonds is 9. The molecule has 0 spiro atoms. The van der Waals surface area contributed by atoms with Crippen LogP contribution in [0.1, 0.15) is 6.92 Å². The molecule has 0 saturated carbocycles. The quantitative estimate of drug-likeness (QED) is 0.685. The number of ether oxygens (including phenoxy) is 1. The van der Waals surface area contributed by atoms with Crippen molar-refractivity contribution in [3.05, 3.63) is 28.2 Å². The molecule has 1 rings (SSSR count). The summed E-state index contributed by atoms with van der Waals surface area (Å²) in [4.78, 5) is 2.20. The average Bonchev–Trinajstić information content (AvgIpc) is 2.42. The third-order valence-corrected chi connectivity index (χ3v) is 3.45. The second-order valence-corrected chi connectivity index (χ2v) is 5.48. The van der Waals surface area contributed by atoms with Gasteiger partial charge in [-0.05, 0) is 31.8 Å². The van der Waals surface area contributed by atoms with E-state index in [2.05, 4.69) is 24.2 Å². The van der Waals surface area contributed by atoms with Crippen molar-refractivity contribution in [1.29, 1.82) is 0 Å². The van der Waals surface area contributed by atoms with Gasteiger partial charge >= 0.3 is 0 Å². The first-order chi connectivity index (χ1) is 9.52. The summed E-state index contributed by atoms with van der Waals surface area (Å²) in [6.45, 7) is 5.60. The highest BCUT2D eigenvalue weighted by Gasteiger charge is 2.07. The van der Waals surface area contributed by atoms with Crippen LogP contribution in [0.3, 0.4) is 0 Å².